The molecule has 0 saturated carbocycles. The van der Waals surface area contributed by atoms with Crippen LogP contribution in [-0.4, -0.2) is 11.7 Å². The molecule has 19 heavy (non-hydrogen) atoms. The number of hydrogen-bond donors (Lipinski definition) is 3. The summed E-state index contributed by atoms with van der Waals surface area (Å²) in [5.74, 6) is 5.48. The lowest BCUT2D eigenvalue weighted by Crippen LogP contribution is -2.42. The van der Waals surface area contributed by atoms with Crippen molar-refractivity contribution in [3.05, 3.63) is 70.8 Å². The minimum atomic E-state index is -1.12. The molecule has 0 fully saturated rings. The van der Waals surface area contributed by atoms with Crippen molar-refractivity contribution in [1.82, 2.24) is 5.43 Å². The van der Waals surface area contributed by atoms with Crippen molar-refractivity contribution >= 4 is 12.2 Å². The molecule has 4 N–H and O–H groups in total. The summed E-state index contributed by atoms with van der Waals surface area (Å²) in [4.78, 5) is 0. The second-order valence-electron chi connectivity index (χ2n) is 4.75. The van der Waals surface area contributed by atoms with Gasteiger partial charge < -0.3 is 5.11 Å². The summed E-state index contributed by atoms with van der Waals surface area (Å²) in [5.41, 5.74) is 5.25. The van der Waals surface area contributed by atoms with Crippen LogP contribution in [0.15, 0.2) is 48.5 Å². The molecule has 96 valence electrons. The molecule has 3 nitrogen and oxygen atoms in total. The number of hydrogen-bond acceptors (Lipinski definition) is 3. The topological polar surface area (TPSA) is 58.3 Å². The predicted octanol–water partition coefficient (Wildman–Crippen LogP) is 1.87. The Morgan fingerprint density at radius 1 is 0.895 bits per heavy atom. The largest absolute Gasteiger partial charge is 0.379 e. The van der Waals surface area contributed by atoms with Gasteiger partial charge in [0.15, 0.2) is 0 Å². The first kappa shape index (κ1) is 12.1. The maximum atomic E-state index is 11.2. The molecule has 0 unspecified atom stereocenters. The molecule has 3 heteroatoms. The van der Waals surface area contributed by atoms with Crippen molar-refractivity contribution < 1.29 is 5.11 Å². The Balaban J connectivity index is 2.30. The Kier molecular flexibility index (Phi) is 2.95. The third-order valence-corrected chi connectivity index (χ3v) is 3.61. The van der Waals surface area contributed by atoms with Crippen molar-refractivity contribution in [3.8, 4) is 0 Å². The maximum absolute atomic E-state index is 11.2. The molecule has 0 amide bonds. The molecule has 2 aromatic carbocycles. The quantitative estimate of drug-likeness (QED) is 0.565. The fourth-order valence-corrected chi connectivity index (χ4v) is 2.70. The number of aliphatic hydroxyl groups is 1. The van der Waals surface area contributed by atoms with Crippen LogP contribution in [0, 0.1) is 0 Å². The monoisotopic (exact) mass is 252 g/mol. The molecule has 1 aliphatic carbocycles. The molecule has 0 aliphatic heterocycles. The van der Waals surface area contributed by atoms with Gasteiger partial charge in [-0.1, -0.05) is 60.7 Å². The summed E-state index contributed by atoms with van der Waals surface area (Å²) in [5, 5.41) is 11.2. The van der Waals surface area contributed by atoms with Crippen LogP contribution in [0.4, 0.5) is 0 Å². The van der Waals surface area contributed by atoms with Gasteiger partial charge in [-0.2, -0.15) is 0 Å². The van der Waals surface area contributed by atoms with Crippen LogP contribution in [0.5, 0.6) is 0 Å². The van der Waals surface area contributed by atoms with Crippen LogP contribution in [0.3, 0.4) is 0 Å². The highest BCUT2D eigenvalue weighted by molar-refractivity contribution is 5.77. The summed E-state index contributed by atoms with van der Waals surface area (Å²) in [7, 11) is 0. The van der Waals surface area contributed by atoms with Crippen LogP contribution in [0.25, 0.3) is 12.2 Å². The summed E-state index contributed by atoms with van der Waals surface area (Å²) in [6.45, 7) is 0.267. The molecule has 0 aromatic heterocycles. The fraction of sp³-hybridized carbons (Fsp3) is 0.125. The molecular formula is C16H16N2O. The fourth-order valence-electron chi connectivity index (χ4n) is 2.70. The molecule has 0 spiro atoms. The Morgan fingerprint density at radius 2 is 1.37 bits per heavy atom. The standard InChI is InChI=1S/C16H16N2O/c17-18-11-16(19)14-7-3-1-5-12(14)9-10-13-6-2-4-8-15(13)16/h1-10,18-19H,11,17H2. The summed E-state index contributed by atoms with van der Waals surface area (Å²) in [6, 6.07) is 15.7. The van der Waals surface area contributed by atoms with Crippen LogP contribution in [0.2, 0.25) is 0 Å². The highest BCUT2D eigenvalue weighted by atomic mass is 16.3. The summed E-state index contributed by atoms with van der Waals surface area (Å²) < 4.78 is 0. The van der Waals surface area contributed by atoms with Crippen molar-refractivity contribution in [3.63, 3.8) is 0 Å². The zero-order chi connectivity index (χ0) is 13.3. The van der Waals surface area contributed by atoms with Gasteiger partial charge >= 0.3 is 0 Å². The molecule has 2 aromatic rings. The van der Waals surface area contributed by atoms with Gasteiger partial charge in [0.25, 0.3) is 0 Å². The highest BCUT2D eigenvalue weighted by Gasteiger charge is 2.35. The third-order valence-electron chi connectivity index (χ3n) is 3.61. The van der Waals surface area contributed by atoms with Gasteiger partial charge in [0.05, 0.1) is 0 Å². The first-order chi connectivity index (χ1) is 9.25. The molecule has 0 atom stereocenters. The second kappa shape index (κ2) is 4.63. The van der Waals surface area contributed by atoms with Gasteiger partial charge in [-0.25, -0.2) is 0 Å². The third kappa shape index (κ3) is 1.88. The molecule has 0 radical (unpaired) electrons. The van der Waals surface area contributed by atoms with E-state index in [0.717, 1.165) is 22.3 Å². The van der Waals surface area contributed by atoms with E-state index in [1.54, 1.807) is 0 Å². The zero-order valence-electron chi connectivity index (χ0n) is 10.5. The van der Waals surface area contributed by atoms with Gasteiger partial charge in [-0.3, -0.25) is 11.3 Å². The SMILES string of the molecule is NNCC1(O)c2ccccc2C=Cc2ccccc21. The number of rotatable bonds is 2. The van der Waals surface area contributed by atoms with E-state index >= 15 is 0 Å². The van der Waals surface area contributed by atoms with E-state index in [1.165, 1.54) is 0 Å². The van der Waals surface area contributed by atoms with Gasteiger partial charge in [0.2, 0.25) is 0 Å². The number of fused-ring (bicyclic) bond motifs is 2. The van der Waals surface area contributed by atoms with Crippen LogP contribution < -0.4 is 11.3 Å². The number of nitrogens with two attached hydrogens (primary N) is 1. The van der Waals surface area contributed by atoms with Crippen molar-refractivity contribution in [2.45, 2.75) is 5.60 Å². The normalized spacial score (nSPS) is 15.5. The minimum absolute atomic E-state index is 0.267. The smallest absolute Gasteiger partial charge is 0.129 e. The lowest BCUT2D eigenvalue weighted by Gasteiger charge is -2.30. The number of benzene rings is 2. The van der Waals surface area contributed by atoms with Gasteiger partial charge in [0, 0.05) is 6.54 Å². The first-order valence-electron chi connectivity index (χ1n) is 6.28. The van der Waals surface area contributed by atoms with E-state index < -0.39 is 5.60 Å². The van der Waals surface area contributed by atoms with E-state index in [9.17, 15) is 5.11 Å². The Labute approximate surface area is 112 Å². The lowest BCUT2D eigenvalue weighted by atomic mass is 9.83. The second-order valence-corrected chi connectivity index (χ2v) is 4.75. The summed E-state index contributed by atoms with van der Waals surface area (Å²) in [6.07, 6.45) is 4.06. The molecule has 3 rings (SSSR count). The highest BCUT2D eigenvalue weighted by Crippen LogP contribution is 2.37. The average molecular weight is 252 g/mol. The van der Waals surface area contributed by atoms with Gasteiger partial charge in [0.1, 0.15) is 5.60 Å². The van der Waals surface area contributed by atoms with E-state index in [1.807, 2.05) is 60.7 Å². The number of hydrazine groups is 1. The lowest BCUT2D eigenvalue weighted by molar-refractivity contribution is 0.0801. The zero-order valence-corrected chi connectivity index (χ0v) is 10.5. The minimum Gasteiger partial charge on any atom is -0.379 e. The molecule has 0 heterocycles. The van der Waals surface area contributed by atoms with Gasteiger partial charge in [-0.05, 0) is 22.3 Å². The predicted molar refractivity (Wildman–Crippen MR) is 77.0 cm³/mol. The van der Waals surface area contributed by atoms with Crippen LogP contribution in [-0.2, 0) is 5.60 Å². The Bertz CT molecular complexity index is 585. The molecule has 1 aliphatic rings. The van der Waals surface area contributed by atoms with E-state index in [4.69, 9.17) is 5.84 Å². The average Bonchev–Trinajstić information content (AvgIpc) is 2.57. The molecule has 0 saturated heterocycles. The number of nitrogens with one attached hydrogen (secondary N) is 1. The van der Waals surface area contributed by atoms with Gasteiger partial charge in [-0.15, -0.1) is 0 Å². The van der Waals surface area contributed by atoms with Crippen molar-refractivity contribution in [2.24, 2.45) is 5.84 Å². The van der Waals surface area contributed by atoms with Crippen molar-refractivity contribution in [2.75, 3.05) is 6.54 Å². The Hall–Kier alpha value is -1.94. The van der Waals surface area contributed by atoms with Crippen LogP contribution >= 0.6 is 0 Å². The maximum Gasteiger partial charge on any atom is 0.129 e. The molecule has 0 bridgehead atoms. The van der Waals surface area contributed by atoms with E-state index in [-0.39, 0.29) is 6.54 Å². The van der Waals surface area contributed by atoms with Crippen molar-refractivity contribution in [1.29, 1.82) is 0 Å². The first-order valence-corrected chi connectivity index (χ1v) is 6.28. The van der Waals surface area contributed by atoms with E-state index in [2.05, 4.69) is 5.43 Å². The Morgan fingerprint density at radius 3 is 1.84 bits per heavy atom. The van der Waals surface area contributed by atoms with E-state index in [0.29, 0.717) is 0 Å². The summed E-state index contributed by atoms with van der Waals surface area (Å²) >= 11 is 0. The van der Waals surface area contributed by atoms with Crippen LogP contribution in [0.1, 0.15) is 22.3 Å². The molecular weight excluding hydrogens is 236 g/mol.